The topological polar surface area (TPSA) is 93.1 Å². The van der Waals surface area contributed by atoms with Gasteiger partial charge in [-0.2, -0.15) is 9.50 Å². The highest BCUT2D eigenvalue weighted by Crippen LogP contribution is 2.38. The van der Waals surface area contributed by atoms with Gasteiger partial charge in [0.1, 0.15) is 0 Å². The molecule has 7 nitrogen and oxygen atoms in total. The minimum atomic E-state index is -2.80. The Bertz CT molecular complexity index is 1220. The molecule has 0 saturated heterocycles. The molecule has 0 radical (unpaired) electrons. The van der Waals surface area contributed by atoms with Crippen LogP contribution >= 0.6 is 0 Å². The van der Waals surface area contributed by atoms with Gasteiger partial charge >= 0.3 is 0 Å². The van der Waals surface area contributed by atoms with Crippen molar-refractivity contribution in [2.75, 3.05) is 0 Å². The SMILES string of the molecule is CC(C)c1cn(Cc2ccc([S@@](=N)(=O)C(C)C)cc2)c2nc(C3CC3)nn2c1=O. The molecular weight excluding hydrogens is 386 g/mol. The van der Waals surface area contributed by atoms with E-state index in [1.165, 1.54) is 4.52 Å². The van der Waals surface area contributed by atoms with Crippen LogP contribution in [0.15, 0.2) is 40.2 Å². The Morgan fingerprint density at radius 2 is 1.83 bits per heavy atom. The number of fused-ring (bicyclic) bond motifs is 1. The van der Waals surface area contributed by atoms with Crippen molar-refractivity contribution >= 4 is 15.5 Å². The molecule has 1 aliphatic rings. The lowest BCUT2D eigenvalue weighted by atomic mass is 10.1. The summed E-state index contributed by atoms with van der Waals surface area (Å²) in [6.07, 6.45) is 4.03. The molecule has 2 aromatic heterocycles. The summed E-state index contributed by atoms with van der Waals surface area (Å²) in [5.74, 6) is 1.74. The van der Waals surface area contributed by atoms with Crippen LogP contribution in [0.3, 0.4) is 0 Å². The lowest BCUT2D eigenvalue weighted by molar-refractivity contribution is 0.667. The van der Waals surface area contributed by atoms with Gasteiger partial charge in [-0.05, 0) is 50.3 Å². The molecule has 4 rings (SSSR count). The Kier molecular flexibility index (Phi) is 4.85. The average molecular weight is 414 g/mol. The number of rotatable bonds is 6. The van der Waals surface area contributed by atoms with Crippen molar-refractivity contribution in [3.63, 3.8) is 0 Å². The maximum absolute atomic E-state index is 12.8. The first kappa shape index (κ1) is 19.8. The van der Waals surface area contributed by atoms with Crippen molar-refractivity contribution in [2.24, 2.45) is 0 Å². The largest absolute Gasteiger partial charge is 0.312 e. The molecule has 8 heteroatoms. The predicted octanol–water partition coefficient (Wildman–Crippen LogP) is 3.75. The number of nitrogens with one attached hydrogen (secondary N) is 1. The van der Waals surface area contributed by atoms with Gasteiger partial charge in [0.15, 0.2) is 5.82 Å². The lowest BCUT2D eigenvalue weighted by Gasteiger charge is -2.14. The minimum Gasteiger partial charge on any atom is -0.312 e. The quantitative estimate of drug-likeness (QED) is 0.666. The fourth-order valence-corrected chi connectivity index (χ4v) is 4.42. The standard InChI is InChI=1S/C21H27N5O2S/c1-13(2)18-12-25(21-23-19(16-7-8-16)24-26(21)20(18)27)11-15-5-9-17(10-6-15)29(22,28)14(3)4/h5-6,9-10,12-14,16,22H,7-8,11H2,1-4H3/t29-/m0/s1. The van der Waals surface area contributed by atoms with Gasteiger partial charge in [0.25, 0.3) is 5.56 Å². The maximum atomic E-state index is 12.8. The van der Waals surface area contributed by atoms with Gasteiger partial charge in [-0.1, -0.05) is 26.0 Å². The smallest absolute Gasteiger partial charge is 0.279 e. The van der Waals surface area contributed by atoms with Crippen molar-refractivity contribution in [3.05, 3.63) is 57.8 Å². The Morgan fingerprint density at radius 3 is 2.38 bits per heavy atom. The van der Waals surface area contributed by atoms with Gasteiger partial charge in [-0.25, -0.2) is 8.99 Å². The summed E-state index contributed by atoms with van der Waals surface area (Å²) in [7, 11) is -2.80. The number of nitrogens with zero attached hydrogens (tertiary/aromatic N) is 4. The molecule has 0 amide bonds. The second-order valence-electron chi connectivity index (χ2n) is 8.42. The van der Waals surface area contributed by atoms with Gasteiger partial charge < -0.3 is 4.57 Å². The van der Waals surface area contributed by atoms with Crippen molar-refractivity contribution in [1.82, 2.24) is 19.2 Å². The van der Waals surface area contributed by atoms with Gasteiger partial charge in [0.05, 0.1) is 16.3 Å². The molecule has 1 N–H and O–H groups in total. The fourth-order valence-electron chi connectivity index (χ4n) is 3.34. The highest BCUT2D eigenvalue weighted by Gasteiger charge is 2.29. The molecule has 1 saturated carbocycles. The van der Waals surface area contributed by atoms with Gasteiger partial charge in [0.2, 0.25) is 5.78 Å². The van der Waals surface area contributed by atoms with Crippen LogP contribution in [0.2, 0.25) is 0 Å². The molecule has 1 atom stereocenters. The molecule has 2 heterocycles. The van der Waals surface area contributed by atoms with Crippen molar-refractivity contribution in [2.45, 2.75) is 69.1 Å². The second-order valence-corrected chi connectivity index (χ2v) is 11.0. The zero-order valence-electron chi connectivity index (χ0n) is 17.3. The fraction of sp³-hybridized carbons (Fsp3) is 0.476. The van der Waals surface area contributed by atoms with E-state index in [1.807, 2.05) is 36.7 Å². The van der Waals surface area contributed by atoms with Crippen molar-refractivity contribution in [3.8, 4) is 0 Å². The summed E-state index contributed by atoms with van der Waals surface area (Å²) >= 11 is 0. The Morgan fingerprint density at radius 1 is 1.17 bits per heavy atom. The third-order valence-corrected chi connectivity index (χ3v) is 7.75. The van der Waals surface area contributed by atoms with E-state index in [1.54, 1.807) is 26.0 Å². The summed E-state index contributed by atoms with van der Waals surface area (Å²) in [5.41, 5.74) is 1.59. The average Bonchev–Trinajstić information content (AvgIpc) is 3.42. The van der Waals surface area contributed by atoms with Crippen LogP contribution in [-0.2, 0) is 16.3 Å². The zero-order chi connectivity index (χ0) is 20.9. The summed E-state index contributed by atoms with van der Waals surface area (Å²) in [4.78, 5) is 18.0. The third-order valence-electron chi connectivity index (χ3n) is 5.45. The van der Waals surface area contributed by atoms with E-state index in [0.717, 1.165) is 24.2 Å². The summed E-state index contributed by atoms with van der Waals surface area (Å²) < 4.78 is 24.1. The molecule has 0 bridgehead atoms. The molecule has 0 unspecified atom stereocenters. The van der Waals surface area contributed by atoms with Crippen LogP contribution in [0.25, 0.3) is 5.78 Å². The predicted molar refractivity (Wildman–Crippen MR) is 113 cm³/mol. The number of hydrogen-bond donors (Lipinski definition) is 1. The number of hydrogen-bond acceptors (Lipinski definition) is 5. The molecule has 29 heavy (non-hydrogen) atoms. The first-order valence-corrected chi connectivity index (χ1v) is 11.7. The Labute approximate surface area is 170 Å². The Balaban J connectivity index is 1.75. The number of benzene rings is 1. The van der Waals surface area contributed by atoms with Crippen molar-refractivity contribution < 1.29 is 4.21 Å². The van der Waals surface area contributed by atoms with Gasteiger partial charge in [-0.15, -0.1) is 5.10 Å². The van der Waals surface area contributed by atoms with Gasteiger partial charge in [-0.3, -0.25) is 4.79 Å². The van der Waals surface area contributed by atoms with Crippen LogP contribution in [0.5, 0.6) is 0 Å². The van der Waals surface area contributed by atoms with E-state index in [2.05, 4.69) is 10.1 Å². The summed E-state index contributed by atoms with van der Waals surface area (Å²) in [6.45, 7) is 8.12. The maximum Gasteiger partial charge on any atom is 0.279 e. The van der Waals surface area contributed by atoms with E-state index < -0.39 is 9.73 Å². The normalized spacial score (nSPS) is 16.6. The highest BCUT2D eigenvalue weighted by molar-refractivity contribution is 7.93. The molecule has 1 aromatic carbocycles. The summed E-state index contributed by atoms with van der Waals surface area (Å²) in [5, 5.41) is 4.26. The van der Waals surface area contributed by atoms with E-state index in [0.29, 0.717) is 28.7 Å². The van der Waals surface area contributed by atoms with E-state index >= 15 is 0 Å². The van der Waals surface area contributed by atoms with Crippen molar-refractivity contribution in [1.29, 1.82) is 4.78 Å². The van der Waals surface area contributed by atoms with Gasteiger partial charge in [0, 0.05) is 27.8 Å². The molecule has 0 spiro atoms. The Hall–Kier alpha value is -2.48. The molecule has 3 aromatic rings. The highest BCUT2D eigenvalue weighted by atomic mass is 32.2. The van der Waals surface area contributed by atoms with Crippen LogP contribution in [0.1, 0.15) is 69.3 Å². The first-order valence-electron chi connectivity index (χ1n) is 10.0. The monoisotopic (exact) mass is 413 g/mol. The van der Waals surface area contributed by atoms with Crippen LogP contribution in [0.4, 0.5) is 0 Å². The molecule has 154 valence electrons. The zero-order valence-corrected chi connectivity index (χ0v) is 18.1. The first-order chi connectivity index (χ1) is 13.7. The second kappa shape index (κ2) is 7.09. The molecular formula is C21H27N5O2S. The lowest BCUT2D eigenvalue weighted by Crippen LogP contribution is -2.24. The van der Waals surface area contributed by atoms with Crippen LogP contribution in [-0.4, -0.2) is 28.6 Å². The molecule has 1 fully saturated rings. The van der Waals surface area contributed by atoms with Crippen LogP contribution < -0.4 is 5.56 Å². The summed E-state index contributed by atoms with van der Waals surface area (Å²) in [6, 6.07) is 7.34. The van der Waals surface area contributed by atoms with E-state index in [9.17, 15) is 9.00 Å². The third kappa shape index (κ3) is 3.61. The van der Waals surface area contributed by atoms with E-state index in [4.69, 9.17) is 4.78 Å². The molecule has 0 aliphatic heterocycles. The minimum absolute atomic E-state index is 0.0770. The molecule has 1 aliphatic carbocycles. The van der Waals surface area contributed by atoms with E-state index in [-0.39, 0.29) is 16.7 Å². The number of aromatic nitrogens is 4. The van der Waals surface area contributed by atoms with Crippen LogP contribution in [0, 0.1) is 4.78 Å².